The molecule has 1 atom stereocenters. The lowest BCUT2D eigenvalue weighted by molar-refractivity contribution is -0.150. The Kier molecular flexibility index (Phi) is 5.51. The first-order chi connectivity index (χ1) is 13.0. The minimum absolute atomic E-state index is 0.0202. The van der Waals surface area contributed by atoms with Crippen LogP contribution >= 0.6 is 0 Å². The highest BCUT2D eigenvalue weighted by Gasteiger charge is 2.34. The average Bonchev–Trinajstić information content (AvgIpc) is 3.03. The van der Waals surface area contributed by atoms with Gasteiger partial charge in [-0.25, -0.2) is 4.79 Å². The van der Waals surface area contributed by atoms with Crippen molar-refractivity contribution in [3.8, 4) is 0 Å². The number of benzene rings is 2. The maximum absolute atomic E-state index is 12.4. The molecule has 27 heavy (non-hydrogen) atoms. The van der Waals surface area contributed by atoms with E-state index in [0.29, 0.717) is 11.4 Å². The highest BCUT2D eigenvalue weighted by atomic mass is 16.6. The van der Waals surface area contributed by atoms with Crippen LogP contribution in [0.25, 0.3) is 0 Å². The van der Waals surface area contributed by atoms with Crippen molar-refractivity contribution in [1.29, 1.82) is 0 Å². The first-order valence-corrected chi connectivity index (χ1v) is 8.34. The number of esters is 1. The van der Waals surface area contributed by atoms with Crippen LogP contribution in [0.5, 0.6) is 0 Å². The van der Waals surface area contributed by atoms with E-state index in [1.807, 2.05) is 12.1 Å². The molecule has 138 valence electrons. The number of hydrogen-bond acceptors (Lipinski definition) is 6. The number of carbonyl (C=O) groups is 3. The van der Waals surface area contributed by atoms with Crippen LogP contribution in [0, 0.1) is 0 Å². The van der Waals surface area contributed by atoms with E-state index in [0.717, 1.165) is 0 Å². The minimum atomic E-state index is -1.09. The summed E-state index contributed by atoms with van der Waals surface area (Å²) in [6.45, 7) is 1.17. The Morgan fingerprint density at radius 2 is 1.59 bits per heavy atom. The van der Waals surface area contributed by atoms with Crippen LogP contribution in [0.15, 0.2) is 72.1 Å². The fourth-order valence-corrected chi connectivity index (χ4v) is 2.40. The number of carbonyl (C=O) groups excluding carboxylic acids is 3. The van der Waals surface area contributed by atoms with Gasteiger partial charge >= 0.3 is 5.97 Å². The molecule has 0 bridgehead atoms. The molecule has 2 aromatic rings. The van der Waals surface area contributed by atoms with E-state index in [1.54, 1.807) is 48.5 Å². The Morgan fingerprint density at radius 1 is 1.00 bits per heavy atom. The van der Waals surface area contributed by atoms with Crippen molar-refractivity contribution in [2.45, 2.75) is 13.0 Å². The molecule has 1 aliphatic heterocycles. The zero-order valence-corrected chi connectivity index (χ0v) is 14.6. The predicted molar refractivity (Wildman–Crippen MR) is 98.7 cm³/mol. The van der Waals surface area contributed by atoms with Crippen LogP contribution < -0.4 is 10.6 Å². The molecular formula is C20H18N2O5. The summed E-state index contributed by atoms with van der Waals surface area (Å²) in [6.07, 6.45) is -1.09. The summed E-state index contributed by atoms with van der Waals surface area (Å²) < 4.78 is 10.4. The first-order valence-electron chi connectivity index (χ1n) is 8.34. The van der Waals surface area contributed by atoms with E-state index in [-0.39, 0.29) is 18.1 Å². The van der Waals surface area contributed by atoms with Gasteiger partial charge in [0.15, 0.2) is 18.3 Å². The number of para-hydroxylation sites is 2. The lowest BCUT2D eigenvalue weighted by Gasteiger charge is -2.14. The number of Topliss-reactive ketones (excluding diaryl/α,β-unsaturated/α-hetero) is 1. The molecule has 1 heterocycles. The Balaban J connectivity index is 1.68. The highest BCUT2D eigenvalue weighted by molar-refractivity contribution is 6.20. The van der Waals surface area contributed by atoms with Crippen molar-refractivity contribution in [1.82, 2.24) is 0 Å². The molecule has 7 heteroatoms. The lowest BCUT2D eigenvalue weighted by atomic mass is 10.2. The van der Waals surface area contributed by atoms with Crippen LogP contribution in [0.2, 0.25) is 0 Å². The SMILES string of the molecule is C[C@@H](OC(=O)C1=C(Nc2ccccc2)OCC1=O)C(=O)Nc1ccccc1. The molecule has 0 spiro atoms. The molecule has 3 rings (SSSR count). The normalized spacial score (nSPS) is 14.3. The molecular weight excluding hydrogens is 348 g/mol. The largest absolute Gasteiger partial charge is 0.470 e. The smallest absolute Gasteiger partial charge is 0.348 e. The van der Waals surface area contributed by atoms with E-state index in [2.05, 4.69) is 10.6 Å². The van der Waals surface area contributed by atoms with Gasteiger partial charge in [-0.15, -0.1) is 0 Å². The molecule has 0 saturated carbocycles. The van der Waals surface area contributed by atoms with E-state index in [9.17, 15) is 14.4 Å². The Hall–Kier alpha value is -3.61. The third-order valence-electron chi connectivity index (χ3n) is 3.78. The van der Waals surface area contributed by atoms with Crippen molar-refractivity contribution < 1.29 is 23.9 Å². The molecule has 1 amide bonds. The van der Waals surface area contributed by atoms with Gasteiger partial charge in [0, 0.05) is 11.4 Å². The second kappa shape index (κ2) is 8.18. The van der Waals surface area contributed by atoms with Gasteiger partial charge in [0.05, 0.1) is 0 Å². The zero-order valence-electron chi connectivity index (χ0n) is 14.6. The maximum Gasteiger partial charge on any atom is 0.348 e. The number of anilines is 2. The molecule has 0 aromatic heterocycles. The Bertz CT molecular complexity index is 878. The van der Waals surface area contributed by atoms with Gasteiger partial charge in [-0.1, -0.05) is 36.4 Å². The van der Waals surface area contributed by atoms with Crippen molar-refractivity contribution >= 4 is 29.0 Å². The summed E-state index contributed by atoms with van der Waals surface area (Å²) in [5, 5.41) is 5.52. The molecule has 0 saturated heterocycles. The van der Waals surface area contributed by atoms with E-state index < -0.39 is 23.8 Å². The Labute approximate surface area is 156 Å². The fraction of sp³-hybridized carbons (Fsp3) is 0.150. The summed E-state index contributed by atoms with van der Waals surface area (Å²) >= 11 is 0. The molecule has 0 fully saturated rings. The molecule has 0 aliphatic carbocycles. The Morgan fingerprint density at radius 3 is 2.22 bits per heavy atom. The number of hydrogen-bond donors (Lipinski definition) is 2. The molecule has 7 nitrogen and oxygen atoms in total. The lowest BCUT2D eigenvalue weighted by Crippen LogP contribution is -2.31. The second-order valence-corrected chi connectivity index (χ2v) is 5.81. The van der Waals surface area contributed by atoms with Gasteiger partial charge in [0.25, 0.3) is 5.91 Å². The van der Waals surface area contributed by atoms with Gasteiger partial charge in [0.2, 0.25) is 11.7 Å². The summed E-state index contributed by atoms with van der Waals surface area (Å²) in [7, 11) is 0. The second-order valence-electron chi connectivity index (χ2n) is 5.81. The van der Waals surface area contributed by atoms with Gasteiger partial charge in [0.1, 0.15) is 0 Å². The third kappa shape index (κ3) is 4.52. The first kappa shape index (κ1) is 18.2. The van der Waals surface area contributed by atoms with Gasteiger partial charge < -0.3 is 20.1 Å². The summed E-state index contributed by atoms with van der Waals surface area (Å²) in [6, 6.07) is 17.7. The predicted octanol–water partition coefficient (Wildman–Crippen LogP) is 2.48. The van der Waals surface area contributed by atoms with Crippen LogP contribution in [-0.2, 0) is 23.9 Å². The molecule has 0 unspecified atom stereocenters. The molecule has 2 N–H and O–H groups in total. The monoisotopic (exact) mass is 366 g/mol. The number of amides is 1. The molecule has 0 radical (unpaired) electrons. The topological polar surface area (TPSA) is 93.7 Å². The average molecular weight is 366 g/mol. The standard InChI is InChI=1S/C20H18N2O5/c1-13(18(24)21-14-8-4-2-5-9-14)27-20(25)17-16(23)12-26-19(17)22-15-10-6-3-7-11-15/h2-11,13,22H,12H2,1H3,(H,21,24)/t13-/m1/s1. The number of ketones is 1. The summed E-state index contributed by atoms with van der Waals surface area (Å²) in [5.74, 6) is -1.90. The maximum atomic E-state index is 12.4. The zero-order chi connectivity index (χ0) is 19.2. The fourth-order valence-electron chi connectivity index (χ4n) is 2.40. The van der Waals surface area contributed by atoms with E-state index in [1.165, 1.54) is 6.92 Å². The van der Waals surface area contributed by atoms with Crippen molar-refractivity contribution in [3.05, 3.63) is 72.1 Å². The van der Waals surface area contributed by atoms with Gasteiger partial charge in [-0.3, -0.25) is 9.59 Å². The van der Waals surface area contributed by atoms with Crippen LogP contribution in [0.4, 0.5) is 11.4 Å². The number of nitrogens with one attached hydrogen (secondary N) is 2. The van der Waals surface area contributed by atoms with E-state index in [4.69, 9.17) is 9.47 Å². The number of rotatable bonds is 6. The van der Waals surface area contributed by atoms with Crippen LogP contribution in [-0.4, -0.2) is 30.4 Å². The summed E-state index contributed by atoms with van der Waals surface area (Å²) in [4.78, 5) is 36.6. The van der Waals surface area contributed by atoms with Crippen molar-refractivity contribution in [3.63, 3.8) is 0 Å². The van der Waals surface area contributed by atoms with Crippen molar-refractivity contribution in [2.24, 2.45) is 0 Å². The summed E-state index contributed by atoms with van der Waals surface area (Å²) in [5.41, 5.74) is 0.997. The third-order valence-corrected chi connectivity index (χ3v) is 3.78. The number of ether oxygens (including phenoxy) is 2. The van der Waals surface area contributed by atoms with Gasteiger partial charge in [-0.05, 0) is 31.2 Å². The van der Waals surface area contributed by atoms with Crippen molar-refractivity contribution in [2.75, 3.05) is 17.2 Å². The van der Waals surface area contributed by atoms with Crippen LogP contribution in [0.3, 0.4) is 0 Å². The van der Waals surface area contributed by atoms with Crippen LogP contribution in [0.1, 0.15) is 6.92 Å². The molecule has 2 aromatic carbocycles. The van der Waals surface area contributed by atoms with Gasteiger partial charge in [-0.2, -0.15) is 0 Å². The quantitative estimate of drug-likeness (QED) is 0.603. The molecule has 1 aliphatic rings. The minimum Gasteiger partial charge on any atom is -0.470 e. The van der Waals surface area contributed by atoms with E-state index >= 15 is 0 Å². The highest BCUT2D eigenvalue weighted by Crippen LogP contribution is 2.21.